The number of piperazine rings is 1. The Bertz CT molecular complexity index is 1400. The Balaban J connectivity index is 1.36. The minimum atomic E-state index is -0.701. The maximum atomic E-state index is 13.4. The lowest BCUT2D eigenvalue weighted by Crippen LogP contribution is -2.50. The van der Waals surface area contributed by atoms with Gasteiger partial charge in [-0.25, -0.2) is 9.36 Å². The summed E-state index contributed by atoms with van der Waals surface area (Å²) >= 11 is 0. The molecule has 1 unspecified atom stereocenters. The number of carbonyl (C=O) groups is 1. The summed E-state index contributed by atoms with van der Waals surface area (Å²) in [6.07, 6.45) is 0. The van der Waals surface area contributed by atoms with Crippen molar-refractivity contribution >= 4 is 16.8 Å². The molecule has 180 valence electrons. The molecular weight excluding hydrogens is 440 g/mol. The van der Waals surface area contributed by atoms with Crippen LogP contribution in [0.3, 0.4) is 0 Å². The molecule has 2 aromatic heterocycles. The zero-order valence-corrected chi connectivity index (χ0v) is 20.4. The standard InChI is InChI=1S/C27H30N6O2/c1-19-24-20(2)32(23-12-8-5-9-13-23)29-25(24)27(35)33(28-19)21(3)26(34)31-16-14-30(15-17-31)18-22-10-6-4-7-11-22/h4-13,21H,14-18H2,1-3H3. The summed E-state index contributed by atoms with van der Waals surface area (Å²) in [5.74, 6) is -0.0862. The normalized spacial score (nSPS) is 15.5. The fourth-order valence-electron chi connectivity index (χ4n) is 4.87. The van der Waals surface area contributed by atoms with E-state index in [0.717, 1.165) is 36.4 Å². The second kappa shape index (κ2) is 9.46. The first-order valence-electron chi connectivity index (χ1n) is 12.0. The number of fused-ring (bicyclic) bond motifs is 1. The van der Waals surface area contributed by atoms with Crippen LogP contribution in [-0.2, 0) is 11.3 Å². The minimum Gasteiger partial charge on any atom is -0.338 e. The molecule has 0 radical (unpaired) electrons. The maximum absolute atomic E-state index is 13.4. The highest BCUT2D eigenvalue weighted by Crippen LogP contribution is 2.22. The van der Waals surface area contributed by atoms with Gasteiger partial charge in [0.05, 0.1) is 22.5 Å². The third kappa shape index (κ3) is 4.37. The molecule has 0 saturated carbocycles. The molecule has 8 heteroatoms. The molecule has 5 rings (SSSR count). The SMILES string of the molecule is Cc1nn(C(C)C(=O)N2CCN(Cc3ccccc3)CC2)c(=O)c2nn(-c3ccccc3)c(C)c12. The minimum absolute atomic E-state index is 0.0862. The van der Waals surface area contributed by atoms with Crippen molar-refractivity contribution in [3.63, 3.8) is 0 Å². The predicted octanol–water partition coefficient (Wildman–Crippen LogP) is 3.10. The summed E-state index contributed by atoms with van der Waals surface area (Å²) in [4.78, 5) is 30.9. The van der Waals surface area contributed by atoms with Crippen molar-refractivity contribution in [2.45, 2.75) is 33.4 Å². The summed E-state index contributed by atoms with van der Waals surface area (Å²) in [6.45, 7) is 9.29. The van der Waals surface area contributed by atoms with E-state index in [9.17, 15) is 9.59 Å². The summed E-state index contributed by atoms with van der Waals surface area (Å²) in [5, 5.41) is 9.91. The van der Waals surface area contributed by atoms with E-state index in [1.54, 1.807) is 11.6 Å². The number of para-hydroxylation sites is 1. The third-order valence-electron chi connectivity index (χ3n) is 6.80. The highest BCUT2D eigenvalue weighted by atomic mass is 16.2. The van der Waals surface area contributed by atoms with E-state index in [2.05, 4.69) is 27.2 Å². The first kappa shape index (κ1) is 23.0. The number of nitrogens with zero attached hydrogens (tertiary/aromatic N) is 6. The van der Waals surface area contributed by atoms with Gasteiger partial charge in [0.15, 0.2) is 5.52 Å². The quantitative estimate of drug-likeness (QED) is 0.448. The molecule has 8 nitrogen and oxygen atoms in total. The molecule has 4 aromatic rings. The molecule has 0 bridgehead atoms. The van der Waals surface area contributed by atoms with Crippen molar-refractivity contribution in [2.75, 3.05) is 26.2 Å². The van der Waals surface area contributed by atoms with Crippen LogP contribution in [0.15, 0.2) is 65.5 Å². The first-order chi connectivity index (χ1) is 16.9. The van der Waals surface area contributed by atoms with Crippen molar-refractivity contribution in [3.8, 4) is 5.69 Å². The number of hydrogen-bond donors (Lipinski definition) is 0. The van der Waals surface area contributed by atoms with Crippen molar-refractivity contribution < 1.29 is 4.79 Å². The number of amides is 1. The number of benzene rings is 2. The van der Waals surface area contributed by atoms with Crippen LogP contribution in [-0.4, -0.2) is 61.4 Å². The largest absolute Gasteiger partial charge is 0.338 e. The van der Waals surface area contributed by atoms with Crippen LogP contribution in [0.5, 0.6) is 0 Å². The van der Waals surface area contributed by atoms with Gasteiger partial charge in [-0.3, -0.25) is 14.5 Å². The summed E-state index contributed by atoms with van der Waals surface area (Å²) in [6, 6.07) is 19.4. The maximum Gasteiger partial charge on any atom is 0.295 e. The van der Waals surface area contributed by atoms with Crippen LogP contribution >= 0.6 is 0 Å². The molecule has 0 spiro atoms. The van der Waals surface area contributed by atoms with Gasteiger partial charge in [-0.15, -0.1) is 0 Å². The lowest BCUT2D eigenvalue weighted by molar-refractivity contribution is -0.136. The topological polar surface area (TPSA) is 76.3 Å². The fraction of sp³-hybridized carbons (Fsp3) is 0.333. The monoisotopic (exact) mass is 470 g/mol. The molecule has 0 aliphatic carbocycles. The molecule has 35 heavy (non-hydrogen) atoms. The average Bonchev–Trinajstić information content (AvgIpc) is 3.25. The predicted molar refractivity (Wildman–Crippen MR) is 136 cm³/mol. The summed E-state index contributed by atoms with van der Waals surface area (Å²) < 4.78 is 3.07. The van der Waals surface area contributed by atoms with Crippen molar-refractivity contribution in [3.05, 3.63) is 88.0 Å². The van der Waals surface area contributed by atoms with E-state index in [1.807, 2.05) is 67.3 Å². The van der Waals surface area contributed by atoms with Crippen molar-refractivity contribution in [1.82, 2.24) is 29.4 Å². The molecule has 1 aliphatic rings. The number of aromatic nitrogens is 4. The molecule has 0 N–H and O–H groups in total. The van der Waals surface area contributed by atoms with Gasteiger partial charge in [-0.1, -0.05) is 48.5 Å². The van der Waals surface area contributed by atoms with Crippen LogP contribution < -0.4 is 5.56 Å². The number of hydrogen-bond acceptors (Lipinski definition) is 5. The van der Waals surface area contributed by atoms with E-state index in [-0.39, 0.29) is 11.5 Å². The van der Waals surface area contributed by atoms with Gasteiger partial charge in [0.2, 0.25) is 5.91 Å². The molecular formula is C27H30N6O2. The Morgan fingerprint density at radius 3 is 2.20 bits per heavy atom. The molecule has 1 aliphatic heterocycles. The van der Waals surface area contributed by atoms with E-state index < -0.39 is 6.04 Å². The lowest BCUT2D eigenvalue weighted by Gasteiger charge is -2.36. The van der Waals surface area contributed by atoms with E-state index >= 15 is 0 Å². The van der Waals surface area contributed by atoms with Gasteiger partial charge in [0, 0.05) is 32.7 Å². The highest BCUT2D eigenvalue weighted by Gasteiger charge is 2.28. The Labute approximate surface area is 204 Å². The van der Waals surface area contributed by atoms with Crippen molar-refractivity contribution in [2.24, 2.45) is 0 Å². The average molecular weight is 471 g/mol. The molecule has 3 heterocycles. The zero-order valence-electron chi connectivity index (χ0n) is 20.4. The van der Waals surface area contributed by atoms with Gasteiger partial charge < -0.3 is 4.90 Å². The number of aryl methyl sites for hydroxylation is 2. The third-order valence-corrected chi connectivity index (χ3v) is 6.80. The lowest BCUT2D eigenvalue weighted by atomic mass is 10.2. The van der Waals surface area contributed by atoms with Gasteiger partial charge in [0.1, 0.15) is 6.04 Å². The molecule has 1 fully saturated rings. The van der Waals surface area contributed by atoms with Crippen LogP contribution in [0.2, 0.25) is 0 Å². The van der Waals surface area contributed by atoms with Crippen LogP contribution in [0.25, 0.3) is 16.6 Å². The van der Waals surface area contributed by atoms with E-state index in [4.69, 9.17) is 0 Å². The Morgan fingerprint density at radius 1 is 0.914 bits per heavy atom. The molecule has 2 aromatic carbocycles. The zero-order chi connectivity index (χ0) is 24.5. The van der Waals surface area contributed by atoms with Crippen LogP contribution in [0, 0.1) is 13.8 Å². The molecule has 1 atom stereocenters. The Hall–Kier alpha value is -3.78. The molecule has 1 amide bonds. The van der Waals surface area contributed by atoms with Crippen molar-refractivity contribution in [1.29, 1.82) is 0 Å². The van der Waals surface area contributed by atoms with E-state index in [0.29, 0.717) is 24.3 Å². The second-order valence-electron chi connectivity index (χ2n) is 9.15. The Morgan fingerprint density at radius 2 is 1.54 bits per heavy atom. The van der Waals surface area contributed by atoms with Gasteiger partial charge in [-0.2, -0.15) is 10.2 Å². The highest BCUT2D eigenvalue weighted by molar-refractivity contribution is 5.84. The number of carbonyl (C=O) groups excluding carboxylic acids is 1. The van der Waals surface area contributed by atoms with Gasteiger partial charge in [-0.05, 0) is 38.5 Å². The van der Waals surface area contributed by atoms with E-state index in [1.165, 1.54) is 10.2 Å². The Kier molecular flexibility index (Phi) is 6.21. The van der Waals surface area contributed by atoms with Gasteiger partial charge >= 0.3 is 0 Å². The fourth-order valence-corrected chi connectivity index (χ4v) is 4.87. The van der Waals surface area contributed by atoms with Gasteiger partial charge in [0.25, 0.3) is 5.56 Å². The first-order valence-corrected chi connectivity index (χ1v) is 12.0. The second-order valence-corrected chi connectivity index (χ2v) is 9.15. The summed E-state index contributed by atoms with van der Waals surface area (Å²) in [7, 11) is 0. The number of rotatable bonds is 5. The summed E-state index contributed by atoms with van der Waals surface area (Å²) in [5.41, 5.74) is 3.69. The molecule has 1 saturated heterocycles. The smallest absolute Gasteiger partial charge is 0.295 e. The van der Waals surface area contributed by atoms with Crippen LogP contribution in [0.4, 0.5) is 0 Å². The van der Waals surface area contributed by atoms with Crippen LogP contribution in [0.1, 0.15) is 29.9 Å².